The molecule has 0 amide bonds. The van der Waals surface area contributed by atoms with Crippen LogP contribution in [0.4, 0.5) is 0 Å². The molecule has 2 aliphatic heterocycles. The number of rotatable bonds is 16. The fourth-order valence-electron chi connectivity index (χ4n) is 7.08. The Morgan fingerprint density at radius 2 is 0.701 bits per heavy atom. The Balaban J connectivity index is 1.51. The Labute approximate surface area is 383 Å². The molecule has 2 aliphatic rings. The van der Waals surface area contributed by atoms with Crippen LogP contribution in [0.15, 0.2) is 121 Å². The lowest BCUT2D eigenvalue weighted by Crippen LogP contribution is -2.67. The minimum absolute atomic E-state index is 0.00180. The second-order valence-electron chi connectivity index (χ2n) is 14.9. The summed E-state index contributed by atoms with van der Waals surface area (Å²) in [4.78, 5) is 105. The molecule has 0 radical (unpaired) electrons. The summed E-state index contributed by atoms with van der Waals surface area (Å²) in [6, 6.07) is 30.7. The maximum Gasteiger partial charge on any atom is 0.340 e. The Bertz CT molecular complexity index is 2360. The summed E-state index contributed by atoms with van der Waals surface area (Å²) in [5.74, 6) is -7.45. The van der Waals surface area contributed by atoms with Crippen molar-refractivity contribution in [3.8, 4) is 0 Å². The van der Waals surface area contributed by atoms with Crippen LogP contribution in [0.25, 0.3) is 0 Å². The fourth-order valence-corrected chi connectivity index (χ4v) is 7.08. The van der Waals surface area contributed by atoms with E-state index in [0.29, 0.717) is 0 Å². The average molecular weight is 927 g/mol. The van der Waals surface area contributed by atoms with Gasteiger partial charge in [0.05, 0.1) is 22.3 Å². The average Bonchev–Trinajstić information content (AvgIpc) is 3.31. The van der Waals surface area contributed by atoms with Gasteiger partial charge in [-0.25, -0.2) is 19.2 Å². The van der Waals surface area contributed by atoms with Crippen molar-refractivity contribution >= 4 is 47.8 Å². The summed E-state index contributed by atoms with van der Waals surface area (Å²) < 4.78 is 65.0. The van der Waals surface area contributed by atoms with E-state index in [0.717, 1.165) is 27.7 Å². The highest BCUT2D eigenvalue weighted by molar-refractivity contribution is 5.91. The van der Waals surface area contributed by atoms with Crippen molar-refractivity contribution in [2.75, 3.05) is 13.2 Å². The van der Waals surface area contributed by atoms with Crippen molar-refractivity contribution < 1.29 is 90.5 Å². The summed E-state index contributed by atoms with van der Waals surface area (Å²) in [6.45, 7) is 2.78. The third-order valence-electron chi connectivity index (χ3n) is 9.96. The van der Waals surface area contributed by atoms with Crippen molar-refractivity contribution in [1.29, 1.82) is 0 Å². The van der Waals surface area contributed by atoms with Gasteiger partial charge in [-0.1, -0.05) is 72.8 Å². The normalized spacial score (nSPS) is 24.4. The van der Waals surface area contributed by atoms with E-state index in [-0.39, 0.29) is 22.3 Å². The molecular formula is C48H46O19. The van der Waals surface area contributed by atoms with Gasteiger partial charge in [-0.15, -0.1) is 0 Å². The van der Waals surface area contributed by atoms with Crippen molar-refractivity contribution in [2.45, 2.75) is 89.1 Å². The van der Waals surface area contributed by atoms with Gasteiger partial charge in [0.1, 0.15) is 31.5 Å². The number of carbonyl (C=O) groups is 8. The zero-order valence-corrected chi connectivity index (χ0v) is 36.5. The second kappa shape index (κ2) is 23.1. The van der Waals surface area contributed by atoms with Gasteiger partial charge in [0.15, 0.2) is 30.7 Å². The van der Waals surface area contributed by atoms with Crippen LogP contribution < -0.4 is 0 Å². The first-order chi connectivity index (χ1) is 32.2. The minimum Gasteiger partial charge on any atom is -0.463 e. The first-order valence-electron chi connectivity index (χ1n) is 20.8. The predicted molar refractivity (Wildman–Crippen MR) is 225 cm³/mol. The topological polar surface area (TPSA) is 238 Å². The van der Waals surface area contributed by atoms with E-state index in [1.807, 2.05) is 0 Å². The van der Waals surface area contributed by atoms with E-state index in [4.69, 9.17) is 52.1 Å². The summed E-state index contributed by atoms with van der Waals surface area (Å²) in [7, 11) is 0. The van der Waals surface area contributed by atoms with Crippen molar-refractivity contribution in [3.63, 3.8) is 0 Å². The zero-order valence-electron chi connectivity index (χ0n) is 36.5. The molecule has 0 aliphatic carbocycles. The molecular weight excluding hydrogens is 881 g/mol. The van der Waals surface area contributed by atoms with Gasteiger partial charge in [-0.3, -0.25) is 19.2 Å². The number of ether oxygens (including phenoxy) is 11. The smallest absolute Gasteiger partial charge is 0.340 e. The molecule has 19 heteroatoms. The van der Waals surface area contributed by atoms with E-state index in [9.17, 15) is 38.4 Å². The zero-order chi connectivity index (χ0) is 48.0. The first kappa shape index (κ1) is 49.0. The third kappa shape index (κ3) is 13.3. The fraction of sp³-hybridized carbons (Fsp3) is 0.333. The van der Waals surface area contributed by atoms with Crippen LogP contribution in [0, 0.1) is 0 Å². The Morgan fingerprint density at radius 3 is 1.16 bits per heavy atom. The summed E-state index contributed by atoms with van der Waals surface area (Å²) in [6.07, 6.45) is -17.9. The molecule has 4 aromatic carbocycles. The van der Waals surface area contributed by atoms with Gasteiger partial charge in [0.2, 0.25) is 12.4 Å². The molecule has 0 unspecified atom stereocenters. The van der Waals surface area contributed by atoms with Crippen molar-refractivity contribution in [2.24, 2.45) is 0 Å². The lowest BCUT2D eigenvalue weighted by atomic mass is 9.95. The number of benzene rings is 4. The first-order valence-corrected chi connectivity index (χ1v) is 20.8. The van der Waals surface area contributed by atoms with E-state index in [1.165, 1.54) is 48.5 Å². The largest absolute Gasteiger partial charge is 0.463 e. The Morgan fingerprint density at radius 1 is 0.358 bits per heavy atom. The Hall–Kier alpha value is -7.48. The molecule has 0 saturated carbocycles. The van der Waals surface area contributed by atoms with Gasteiger partial charge in [0, 0.05) is 27.7 Å². The molecule has 19 nitrogen and oxygen atoms in total. The van der Waals surface area contributed by atoms with Crippen LogP contribution >= 0.6 is 0 Å². The molecule has 67 heavy (non-hydrogen) atoms. The highest BCUT2D eigenvalue weighted by Crippen LogP contribution is 2.36. The van der Waals surface area contributed by atoms with Crippen molar-refractivity contribution in [1.82, 2.24) is 0 Å². The number of hydrogen-bond acceptors (Lipinski definition) is 19. The van der Waals surface area contributed by atoms with Gasteiger partial charge >= 0.3 is 47.8 Å². The minimum atomic E-state index is -1.95. The van der Waals surface area contributed by atoms with Crippen LogP contribution in [0.5, 0.6) is 0 Å². The summed E-state index contributed by atoms with van der Waals surface area (Å²) in [5, 5.41) is 0. The van der Waals surface area contributed by atoms with Gasteiger partial charge in [-0.2, -0.15) is 0 Å². The number of esters is 8. The highest BCUT2D eigenvalue weighted by Gasteiger charge is 2.58. The lowest BCUT2D eigenvalue weighted by Gasteiger charge is -2.48. The Kier molecular flexibility index (Phi) is 16.9. The van der Waals surface area contributed by atoms with Crippen molar-refractivity contribution in [3.05, 3.63) is 144 Å². The highest BCUT2D eigenvalue weighted by atomic mass is 16.8. The molecule has 6 rings (SSSR count). The predicted octanol–water partition coefficient (Wildman–Crippen LogP) is 4.34. The lowest BCUT2D eigenvalue weighted by molar-refractivity contribution is -0.354. The number of carbonyl (C=O) groups excluding carboxylic acids is 8. The number of hydrogen-bond donors (Lipinski definition) is 0. The molecule has 352 valence electrons. The molecule has 0 aromatic heterocycles. The maximum absolute atomic E-state index is 14.2. The summed E-state index contributed by atoms with van der Waals surface area (Å²) >= 11 is 0. The van der Waals surface area contributed by atoms with Crippen LogP contribution in [-0.4, -0.2) is 122 Å². The van der Waals surface area contributed by atoms with Crippen LogP contribution in [-0.2, 0) is 71.3 Å². The molecule has 2 fully saturated rings. The van der Waals surface area contributed by atoms with Gasteiger partial charge in [0.25, 0.3) is 0 Å². The quantitative estimate of drug-likeness (QED) is 0.112. The molecule has 4 aromatic rings. The standard InChI is InChI=1S/C48H46O19/c1-27(49)57-25-35-37(59-28(2)50)39(60-29(3)51)41(61-30(4)52)47(62-35)66-38-36(26-58-43(53)31-17-9-5-10-18-31)63-48(67-46(56)34-23-15-8-16-24-34)42(65-45(55)33-21-13-7-14-22-33)40(38)64-44(54)32-19-11-6-12-20-32/h5-24,35-42,47-48H,25-26H2,1-4H3/t35-,36-,37+,38-,39+,40+,41-,42+,47-,48-/m1/s1. The molecule has 0 spiro atoms. The molecule has 0 N–H and O–H groups in total. The molecule has 2 heterocycles. The van der Waals surface area contributed by atoms with E-state index < -0.39 is 122 Å². The molecule has 10 atom stereocenters. The van der Waals surface area contributed by atoms with Crippen LogP contribution in [0.3, 0.4) is 0 Å². The third-order valence-corrected chi connectivity index (χ3v) is 9.96. The second-order valence-corrected chi connectivity index (χ2v) is 14.9. The summed E-state index contributed by atoms with van der Waals surface area (Å²) in [5.41, 5.74) is 0.168. The molecule has 2 saturated heterocycles. The van der Waals surface area contributed by atoms with E-state index in [2.05, 4.69) is 0 Å². The maximum atomic E-state index is 14.2. The van der Waals surface area contributed by atoms with Gasteiger partial charge < -0.3 is 52.1 Å². The van der Waals surface area contributed by atoms with E-state index in [1.54, 1.807) is 72.8 Å². The van der Waals surface area contributed by atoms with E-state index >= 15 is 0 Å². The molecule has 0 bridgehead atoms. The van der Waals surface area contributed by atoms with Crippen LogP contribution in [0.2, 0.25) is 0 Å². The van der Waals surface area contributed by atoms with Crippen LogP contribution in [0.1, 0.15) is 69.1 Å². The van der Waals surface area contributed by atoms with Gasteiger partial charge in [-0.05, 0) is 48.5 Å². The SMILES string of the molecule is CC(=O)OC[C@H]1O[C@H](O[C@H]2[C@H](OC(=O)c3ccccc3)[C@H](OC(=O)c3ccccc3)[C@@H](OC(=O)c3ccccc3)O[C@@H]2COC(=O)c2ccccc2)[C@H](OC(C)=O)[C@@H](OC(C)=O)[C@H]1OC(C)=O. The monoisotopic (exact) mass is 926 g/mol.